The smallest absolute Gasteiger partial charge is 0.255 e. The van der Waals surface area contributed by atoms with Gasteiger partial charge in [0.05, 0.1) is 0 Å². The van der Waals surface area contributed by atoms with Crippen LogP contribution in [0, 0.1) is 11.8 Å². The van der Waals surface area contributed by atoms with E-state index in [0.717, 1.165) is 31.6 Å². The molecule has 1 fully saturated rings. The summed E-state index contributed by atoms with van der Waals surface area (Å²) in [6.45, 7) is 8.39. The highest BCUT2D eigenvalue weighted by Gasteiger charge is 2.29. The van der Waals surface area contributed by atoms with Crippen LogP contribution >= 0.6 is 0 Å². The molecule has 2 amide bonds. The molecule has 1 aliphatic rings. The molecule has 0 aliphatic carbocycles. The number of primary amides is 1. The molecule has 0 radical (unpaired) electrons. The Morgan fingerprint density at radius 3 is 2.56 bits per heavy atom. The molecule has 1 aliphatic heterocycles. The second-order valence-corrected chi connectivity index (χ2v) is 7.09. The van der Waals surface area contributed by atoms with E-state index in [9.17, 15) is 9.59 Å². The SMILES string of the molecule is CC(C)C(=O)N1CC[C@@H](NCc2ccc(OCC(N)=O)cc2)[C@@H](C)C1. The number of carbonyl (C=O) groups is 2. The van der Waals surface area contributed by atoms with Crippen molar-refractivity contribution in [3.8, 4) is 5.75 Å². The van der Waals surface area contributed by atoms with Crippen LogP contribution in [0.3, 0.4) is 0 Å². The van der Waals surface area contributed by atoms with Crippen LogP contribution in [-0.4, -0.2) is 42.5 Å². The molecule has 0 bridgehead atoms. The van der Waals surface area contributed by atoms with Crippen LogP contribution in [0.15, 0.2) is 24.3 Å². The molecule has 2 atom stereocenters. The second-order valence-electron chi connectivity index (χ2n) is 7.09. The van der Waals surface area contributed by atoms with Crippen molar-refractivity contribution in [2.24, 2.45) is 17.6 Å². The first-order valence-electron chi connectivity index (χ1n) is 8.89. The number of likely N-dealkylation sites (tertiary alicyclic amines) is 1. The van der Waals surface area contributed by atoms with Gasteiger partial charge < -0.3 is 20.7 Å². The fraction of sp³-hybridized carbons (Fsp3) is 0.579. The van der Waals surface area contributed by atoms with Crippen LogP contribution in [0.2, 0.25) is 0 Å². The highest BCUT2D eigenvalue weighted by Crippen LogP contribution is 2.19. The summed E-state index contributed by atoms with van der Waals surface area (Å²) < 4.78 is 5.26. The van der Waals surface area contributed by atoms with Gasteiger partial charge in [-0.1, -0.05) is 32.9 Å². The van der Waals surface area contributed by atoms with Gasteiger partial charge in [-0.2, -0.15) is 0 Å². The molecular weight excluding hydrogens is 318 g/mol. The maximum atomic E-state index is 12.1. The second kappa shape index (κ2) is 8.85. The largest absolute Gasteiger partial charge is 0.484 e. The lowest BCUT2D eigenvalue weighted by atomic mass is 9.93. The summed E-state index contributed by atoms with van der Waals surface area (Å²) in [5, 5.41) is 3.59. The lowest BCUT2D eigenvalue weighted by molar-refractivity contribution is -0.136. The molecule has 0 aromatic heterocycles. The van der Waals surface area contributed by atoms with Crippen LogP contribution in [0.25, 0.3) is 0 Å². The van der Waals surface area contributed by atoms with E-state index in [1.54, 1.807) is 0 Å². The van der Waals surface area contributed by atoms with E-state index < -0.39 is 5.91 Å². The Balaban J connectivity index is 1.79. The highest BCUT2D eigenvalue weighted by molar-refractivity contribution is 5.78. The number of ether oxygens (including phenoxy) is 1. The molecule has 1 aromatic carbocycles. The molecule has 1 heterocycles. The maximum Gasteiger partial charge on any atom is 0.255 e. The first-order valence-corrected chi connectivity index (χ1v) is 8.89. The monoisotopic (exact) mass is 347 g/mol. The predicted molar refractivity (Wildman–Crippen MR) is 97.0 cm³/mol. The van der Waals surface area contributed by atoms with Crippen molar-refractivity contribution in [1.82, 2.24) is 10.2 Å². The van der Waals surface area contributed by atoms with E-state index in [1.165, 1.54) is 0 Å². The zero-order chi connectivity index (χ0) is 18.4. The van der Waals surface area contributed by atoms with Crippen molar-refractivity contribution in [1.29, 1.82) is 0 Å². The molecule has 1 aromatic rings. The molecule has 25 heavy (non-hydrogen) atoms. The summed E-state index contributed by atoms with van der Waals surface area (Å²) in [5.74, 6) is 0.886. The average Bonchev–Trinajstić information content (AvgIpc) is 2.59. The van der Waals surface area contributed by atoms with Crippen molar-refractivity contribution >= 4 is 11.8 Å². The van der Waals surface area contributed by atoms with Crippen LogP contribution in [0.4, 0.5) is 0 Å². The number of rotatable bonds is 7. The van der Waals surface area contributed by atoms with Crippen molar-refractivity contribution in [2.75, 3.05) is 19.7 Å². The van der Waals surface area contributed by atoms with E-state index in [1.807, 2.05) is 43.0 Å². The number of hydrogen-bond acceptors (Lipinski definition) is 4. The molecule has 0 saturated carbocycles. The topological polar surface area (TPSA) is 84.7 Å². The third kappa shape index (κ3) is 5.74. The van der Waals surface area contributed by atoms with E-state index in [4.69, 9.17) is 10.5 Å². The Labute approximate surface area is 149 Å². The molecule has 138 valence electrons. The van der Waals surface area contributed by atoms with Crippen molar-refractivity contribution < 1.29 is 14.3 Å². The number of nitrogens with one attached hydrogen (secondary N) is 1. The summed E-state index contributed by atoms with van der Waals surface area (Å²) in [6.07, 6.45) is 0.972. The van der Waals surface area contributed by atoms with Gasteiger partial charge in [0.15, 0.2) is 6.61 Å². The van der Waals surface area contributed by atoms with Crippen LogP contribution in [-0.2, 0) is 16.1 Å². The number of nitrogens with zero attached hydrogens (tertiary/aromatic N) is 1. The van der Waals surface area contributed by atoms with E-state index >= 15 is 0 Å². The standard InChI is InChI=1S/C19H29N3O3/c1-13(2)19(24)22-9-8-17(14(3)11-22)21-10-15-4-6-16(7-5-15)25-12-18(20)23/h4-7,13-14,17,21H,8-12H2,1-3H3,(H2,20,23)/t14-,17+/m0/s1. The van der Waals surface area contributed by atoms with Gasteiger partial charge in [-0.15, -0.1) is 0 Å². The van der Waals surface area contributed by atoms with Crippen molar-refractivity contribution in [3.05, 3.63) is 29.8 Å². The summed E-state index contributed by atoms with van der Waals surface area (Å²) in [5.41, 5.74) is 6.21. The van der Waals surface area contributed by atoms with E-state index in [2.05, 4.69) is 12.2 Å². The van der Waals surface area contributed by atoms with Gasteiger partial charge in [0.2, 0.25) is 5.91 Å². The van der Waals surface area contributed by atoms with Gasteiger partial charge >= 0.3 is 0 Å². The zero-order valence-corrected chi connectivity index (χ0v) is 15.3. The Bertz CT molecular complexity index is 586. The molecule has 0 spiro atoms. The normalized spacial score (nSPS) is 20.6. The molecule has 1 saturated heterocycles. The number of carbonyl (C=O) groups excluding carboxylic acids is 2. The first-order chi connectivity index (χ1) is 11.9. The number of nitrogens with two attached hydrogens (primary N) is 1. The minimum absolute atomic E-state index is 0.0620. The molecule has 3 N–H and O–H groups in total. The predicted octanol–water partition coefficient (Wildman–Crippen LogP) is 1.53. The van der Waals surface area contributed by atoms with Gasteiger partial charge in [0, 0.05) is 31.6 Å². The summed E-state index contributed by atoms with van der Waals surface area (Å²) in [4.78, 5) is 24.8. The molecule has 6 heteroatoms. The first kappa shape index (κ1) is 19.2. The Hall–Kier alpha value is -2.08. The van der Waals surface area contributed by atoms with Gasteiger partial charge in [-0.25, -0.2) is 0 Å². The maximum absolute atomic E-state index is 12.1. The fourth-order valence-corrected chi connectivity index (χ4v) is 3.12. The zero-order valence-electron chi connectivity index (χ0n) is 15.3. The van der Waals surface area contributed by atoms with Gasteiger partial charge in [-0.3, -0.25) is 9.59 Å². The van der Waals surface area contributed by atoms with Crippen LogP contribution in [0.5, 0.6) is 5.75 Å². The third-order valence-corrected chi connectivity index (χ3v) is 4.58. The Morgan fingerprint density at radius 2 is 2.00 bits per heavy atom. The molecule has 0 unspecified atom stereocenters. The number of benzene rings is 1. The van der Waals surface area contributed by atoms with Gasteiger partial charge in [0.25, 0.3) is 5.91 Å². The molecular formula is C19H29N3O3. The summed E-state index contributed by atoms with van der Waals surface area (Å²) in [6, 6.07) is 8.04. The Morgan fingerprint density at radius 1 is 1.32 bits per heavy atom. The van der Waals surface area contributed by atoms with Crippen LogP contribution < -0.4 is 15.8 Å². The molecule has 6 nitrogen and oxygen atoms in total. The van der Waals surface area contributed by atoms with Crippen molar-refractivity contribution in [3.63, 3.8) is 0 Å². The average molecular weight is 347 g/mol. The minimum Gasteiger partial charge on any atom is -0.484 e. The fourth-order valence-electron chi connectivity index (χ4n) is 3.12. The van der Waals surface area contributed by atoms with E-state index in [0.29, 0.717) is 17.7 Å². The highest BCUT2D eigenvalue weighted by atomic mass is 16.5. The Kier molecular flexibility index (Phi) is 6.82. The lowest BCUT2D eigenvalue weighted by Crippen LogP contribution is -2.50. The minimum atomic E-state index is -0.484. The summed E-state index contributed by atoms with van der Waals surface area (Å²) in [7, 11) is 0. The van der Waals surface area contributed by atoms with E-state index in [-0.39, 0.29) is 18.4 Å². The van der Waals surface area contributed by atoms with Gasteiger partial charge in [-0.05, 0) is 30.0 Å². The molecule has 2 rings (SSSR count). The summed E-state index contributed by atoms with van der Waals surface area (Å²) >= 11 is 0. The quantitative estimate of drug-likeness (QED) is 0.783. The number of amides is 2. The van der Waals surface area contributed by atoms with Gasteiger partial charge in [0.1, 0.15) is 5.75 Å². The third-order valence-electron chi connectivity index (χ3n) is 4.58. The lowest BCUT2D eigenvalue weighted by Gasteiger charge is -2.38. The number of hydrogen-bond donors (Lipinski definition) is 2. The van der Waals surface area contributed by atoms with Crippen molar-refractivity contribution in [2.45, 2.75) is 39.8 Å². The number of piperidine rings is 1. The van der Waals surface area contributed by atoms with Crippen LogP contribution in [0.1, 0.15) is 32.8 Å².